The molecule has 20 heavy (non-hydrogen) atoms. The summed E-state index contributed by atoms with van der Waals surface area (Å²) in [5.41, 5.74) is 0. The molecule has 110 valence electrons. The van der Waals surface area contributed by atoms with Gasteiger partial charge in [0.15, 0.2) is 4.34 Å². The molecular formula is C12H18N4O2S2. The molecule has 1 aliphatic heterocycles. The van der Waals surface area contributed by atoms with Gasteiger partial charge < -0.3 is 15.4 Å². The highest BCUT2D eigenvalue weighted by molar-refractivity contribution is 8.01. The van der Waals surface area contributed by atoms with Crippen LogP contribution in [0.1, 0.15) is 12.8 Å². The lowest BCUT2D eigenvalue weighted by Gasteiger charge is -2.09. The Kier molecular flexibility index (Phi) is 6.28. The Morgan fingerprint density at radius 3 is 3.25 bits per heavy atom. The number of hydrogen-bond donors (Lipinski definition) is 2. The molecular weight excluding hydrogens is 296 g/mol. The number of amides is 1. The fourth-order valence-corrected chi connectivity index (χ4v) is 3.30. The van der Waals surface area contributed by atoms with Gasteiger partial charge in [-0.3, -0.25) is 4.79 Å². The van der Waals surface area contributed by atoms with Gasteiger partial charge in [-0.05, 0) is 12.8 Å². The number of hydrogen-bond acceptors (Lipinski definition) is 7. The highest BCUT2D eigenvalue weighted by atomic mass is 32.2. The minimum Gasteiger partial charge on any atom is -0.376 e. The molecule has 2 rings (SSSR count). The predicted octanol–water partition coefficient (Wildman–Crippen LogP) is 1.52. The number of aromatic nitrogens is 2. The maximum absolute atomic E-state index is 11.7. The van der Waals surface area contributed by atoms with Gasteiger partial charge in [0, 0.05) is 19.7 Å². The first kappa shape index (κ1) is 15.3. The zero-order valence-electron chi connectivity index (χ0n) is 11.1. The SMILES string of the molecule is C=CCNc1nnc(SCC(=O)NCC2CCCO2)s1. The molecule has 0 bridgehead atoms. The van der Waals surface area contributed by atoms with Gasteiger partial charge in [-0.25, -0.2) is 0 Å². The van der Waals surface area contributed by atoms with E-state index < -0.39 is 0 Å². The van der Waals surface area contributed by atoms with Gasteiger partial charge >= 0.3 is 0 Å². The summed E-state index contributed by atoms with van der Waals surface area (Å²) in [6.45, 7) is 5.68. The second kappa shape index (κ2) is 8.23. The van der Waals surface area contributed by atoms with E-state index in [1.165, 1.54) is 23.1 Å². The number of rotatable bonds is 8. The van der Waals surface area contributed by atoms with E-state index in [2.05, 4.69) is 27.4 Å². The lowest BCUT2D eigenvalue weighted by molar-refractivity contribution is -0.119. The van der Waals surface area contributed by atoms with Crippen LogP contribution in [0.15, 0.2) is 17.0 Å². The van der Waals surface area contributed by atoms with Crippen LogP contribution < -0.4 is 10.6 Å². The summed E-state index contributed by atoms with van der Waals surface area (Å²) in [5.74, 6) is 0.351. The summed E-state index contributed by atoms with van der Waals surface area (Å²) in [7, 11) is 0. The van der Waals surface area contributed by atoms with E-state index in [9.17, 15) is 4.79 Å². The van der Waals surface area contributed by atoms with Gasteiger partial charge in [0.05, 0.1) is 11.9 Å². The molecule has 0 aromatic carbocycles. The number of nitrogens with one attached hydrogen (secondary N) is 2. The second-order valence-corrected chi connectivity index (χ2v) is 6.47. The Morgan fingerprint density at radius 1 is 1.60 bits per heavy atom. The van der Waals surface area contributed by atoms with E-state index >= 15 is 0 Å². The zero-order valence-corrected chi connectivity index (χ0v) is 12.8. The van der Waals surface area contributed by atoms with E-state index in [1.54, 1.807) is 6.08 Å². The minimum absolute atomic E-state index is 0.00120. The van der Waals surface area contributed by atoms with Crippen molar-refractivity contribution in [3.8, 4) is 0 Å². The van der Waals surface area contributed by atoms with Crippen LogP contribution >= 0.6 is 23.1 Å². The topological polar surface area (TPSA) is 76.1 Å². The third-order valence-corrected chi connectivity index (χ3v) is 4.70. The fraction of sp³-hybridized carbons (Fsp3) is 0.583. The maximum atomic E-state index is 11.7. The molecule has 0 aliphatic carbocycles. The van der Waals surface area contributed by atoms with Crippen molar-refractivity contribution in [1.82, 2.24) is 15.5 Å². The smallest absolute Gasteiger partial charge is 0.230 e. The van der Waals surface area contributed by atoms with Crippen molar-refractivity contribution in [3.05, 3.63) is 12.7 Å². The molecule has 2 heterocycles. The van der Waals surface area contributed by atoms with Gasteiger partial charge in [-0.2, -0.15) is 0 Å². The summed E-state index contributed by atoms with van der Waals surface area (Å²) in [6.07, 6.45) is 4.05. The molecule has 6 nitrogen and oxygen atoms in total. The Bertz CT molecular complexity index is 446. The van der Waals surface area contributed by atoms with E-state index in [0.29, 0.717) is 18.8 Å². The van der Waals surface area contributed by atoms with E-state index in [4.69, 9.17) is 4.74 Å². The third kappa shape index (κ3) is 5.10. The third-order valence-electron chi connectivity index (χ3n) is 2.68. The Morgan fingerprint density at radius 2 is 2.50 bits per heavy atom. The van der Waals surface area contributed by atoms with E-state index in [0.717, 1.165) is 28.9 Å². The molecule has 1 amide bonds. The summed E-state index contributed by atoms with van der Waals surface area (Å²) in [5, 5.41) is 14.7. The molecule has 1 fully saturated rings. The van der Waals surface area contributed by atoms with Crippen LogP contribution in [0.25, 0.3) is 0 Å². The molecule has 0 radical (unpaired) electrons. The van der Waals surface area contributed by atoms with Crippen LogP contribution in [0.2, 0.25) is 0 Å². The molecule has 1 unspecified atom stereocenters. The molecule has 2 N–H and O–H groups in total. The van der Waals surface area contributed by atoms with Crippen LogP contribution in [0.5, 0.6) is 0 Å². The molecule has 8 heteroatoms. The monoisotopic (exact) mass is 314 g/mol. The quantitative estimate of drug-likeness (QED) is 0.560. The number of thioether (sulfide) groups is 1. The minimum atomic E-state index is 0.00120. The van der Waals surface area contributed by atoms with Crippen molar-refractivity contribution in [3.63, 3.8) is 0 Å². The number of carbonyl (C=O) groups excluding carboxylic acids is 1. The number of ether oxygens (including phenoxy) is 1. The van der Waals surface area contributed by atoms with Crippen molar-refractivity contribution in [1.29, 1.82) is 0 Å². The molecule has 1 aromatic heterocycles. The molecule has 0 saturated carbocycles. The van der Waals surface area contributed by atoms with Crippen molar-refractivity contribution in [2.24, 2.45) is 0 Å². The highest BCUT2D eigenvalue weighted by Crippen LogP contribution is 2.25. The van der Waals surface area contributed by atoms with Gasteiger partial charge in [-0.1, -0.05) is 29.2 Å². The summed E-state index contributed by atoms with van der Waals surface area (Å²) < 4.78 is 6.23. The van der Waals surface area contributed by atoms with Crippen LogP contribution in [-0.2, 0) is 9.53 Å². The number of anilines is 1. The summed E-state index contributed by atoms with van der Waals surface area (Å²) in [4.78, 5) is 11.7. The Balaban J connectivity index is 1.64. The molecule has 1 saturated heterocycles. The van der Waals surface area contributed by atoms with Crippen LogP contribution in [0.4, 0.5) is 5.13 Å². The molecule has 1 aliphatic rings. The standard InChI is InChI=1S/C12H18N4O2S2/c1-2-5-13-11-15-16-12(20-11)19-8-10(17)14-7-9-4-3-6-18-9/h2,9H,1,3-8H2,(H,13,15)(H,14,17). The average molecular weight is 314 g/mol. The summed E-state index contributed by atoms with van der Waals surface area (Å²) >= 11 is 2.83. The first-order valence-electron chi connectivity index (χ1n) is 6.47. The maximum Gasteiger partial charge on any atom is 0.230 e. The van der Waals surface area contributed by atoms with Crippen molar-refractivity contribution >= 4 is 34.1 Å². The molecule has 1 atom stereocenters. The largest absolute Gasteiger partial charge is 0.376 e. The van der Waals surface area contributed by atoms with E-state index in [1.807, 2.05) is 0 Å². The first-order valence-corrected chi connectivity index (χ1v) is 8.27. The number of nitrogens with zero attached hydrogens (tertiary/aromatic N) is 2. The van der Waals surface area contributed by atoms with Crippen molar-refractivity contribution in [2.75, 3.05) is 30.8 Å². The van der Waals surface area contributed by atoms with Crippen LogP contribution in [0, 0.1) is 0 Å². The zero-order chi connectivity index (χ0) is 14.2. The van der Waals surface area contributed by atoms with Crippen LogP contribution in [-0.4, -0.2) is 47.7 Å². The lowest BCUT2D eigenvalue weighted by Crippen LogP contribution is -2.32. The normalized spacial score (nSPS) is 17.9. The van der Waals surface area contributed by atoms with Crippen LogP contribution in [0.3, 0.4) is 0 Å². The molecule has 1 aromatic rings. The molecule has 0 spiro atoms. The first-order chi connectivity index (χ1) is 9.78. The van der Waals surface area contributed by atoms with E-state index in [-0.39, 0.29) is 12.0 Å². The van der Waals surface area contributed by atoms with Crippen molar-refractivity contribution in [2.45, 2.75) is 23.3 Å². The average Bonchev–Trinajstić information content (AvgIpc) is 3.12. The fourth-order valence-electron chi connectivity index (χ4n) is 1.71. The van der Waals surface area contributed by atoms with Crippen molar-refractivity contribution < 1.29 is 9.53 Å². The predicted molar refractivity (Wildman–Crippen MR) is 81.3 cm³/mol. The van der Waals surface area contributed by atoms with Gasteiger partial charge in [-0.15, -0.1) is 16.8 Å². The highest BCUT2D eigenvalue weighted by Gasteiger charge is 2.16. The lowest BCUT2D eigenvalue weighted by atomic mass is 10.2. The Hall–Kier alpha value is -1.12. The van der Waals surface area contributed by atoms with Gasteiger partial charge in [0.25, 0.3) is 0 Å². The number of carbonyl (C=O) groups is 1. The Labute approximate surface area is 126 Å². The summed E-state index contributed by atoms with van der Waals surface area (Å²) in [6, 6.07) is 0. The van der Waals surface area contributed by atoms with Gasteiger partial charge in [0.1, 0.15) is 0 Å². The second-order valence-electron chi connectivity index (χ2n) is 4.27. The van der Waals surface area contributed by atoms with Gasteiger partial charge in [0.2, 0.25) is 11.0 Å².